The van der Waals surface area contributed by atoms with Crippen molar-refractivity contribution in [2.75, 3.05) is 5.75 Å². The van der Waals surface area contributed by atoms with E-state index < -0.39 is 45.2 Å². The number of carbonyl (C=O) groups excluding carboxylic acids is 4. The molecule has 1 aliphatic heterocycles. The van der Waals surface area contributed by atoms with E-state index in [4.69, 9.17) is 22.8 Å². The Bertz CT molecular complexity index is 995. The van der Waals surface area contributed by atoms with Gasteiger partial charge in [-0.15, -0.1) is 28.6 Å². The van der Waals surface area contributed by atoms with Crippen molar-refractivity contribution in [3.63, 3.8) is 0 Å². The highest BCUT2D eigenvalue weighted by Gasteiger charge is 2.47. The number of rotatable bonds is 21. The maximum Gasteiger partial charge on any atom is 0.333 e. The Morgan fingerprint density at radius 3 is 1.98 bits per heavy atom. The van der Waals surface area contributed by atoms with Gasteiger partial charge in [-0.1, -0.05) is 90.8 Å². The molecule has 11 heteroatoms. The van der Waals surface area contributed by atoms with Gasteiger partial charge in [-0.05, 0) is 51.2 Å². The summed E-state index contributed by atoms with van der Waals surface area (Å²) in [6, 6.07) is 2.34. The molecule has 1 rings (SSSR count). The zero-order chi connectivity index (χ0) is 32.7. The third-order valence-electron chi connectivity index (χ3n) is 8.73. The normalized spacial score (nSPS) is 16.1. The second-order valence-electron chi connectivity index (χ2n) is 13.0. The lowest BCUT2D eigenvalue weighted by Gasteiger charge is -2.44. The van der Waals surface area contributed by atoms with Gasteiger partial charge in [-0.25, -0.2) is 4.79 Å². The number of nitriles is 1. The summed E-state index contributed by atoms with van der Waals surface area (Å²) in [6.07, 6.45) is 13.1. The van der Waals surface area contributed by atoms with Gasteiger partial charge in [-0.2, -0.15) is 5.26 Å². The van der Waals surface area contributed by atoms with Gasteiger partial charge in [0.25, 0.3) is 11.8 Å². The summed E-state index contributed by atoms with van der Waals surface area (Å²) in [5.74, 6) is -1.95. The standard InChI is InChI=1S/C32H53N3O5S3/c1-7-8-9-10-11-12-13-14-15-16-21-42-29(41)43-31(4,5)24(28(34)39)22-30(2,3)32(6,23-33)20-19-27(38)40-35-25(36)17-18-26(35)37/h24H,7-22H2,1-6H3,(H2,34,39). The van der Waals surface area contributed by atoms with E-state index in [0.29, 0.717) is 11.5 Å². The molecule has 0 aliphatic carbocycles. The number of hydroxylamine groups is 2. The smallest absolute Gasteiger partial charge is 0.333 e. The van der Waals surface area contributed by atoms with Crippen molar-refractivity contribution in [1.29, 1.82) is 5.26 Å². The average Bonchev–Trinajstić information content (AvgIpc) is 3.24. The van der Waals surface area contributed by atoms with Gasteiger partial charge in [0.05, 0.1) is 17.4 Å². The van der Waals surface area contributed by atoms with E-state index >= 15 is 0 Å². The van der Waals surface area contributed by atoms with Gasteiger partial charge >= 0.3 is 5.97 Å². The molecule has 0 spiro atoms. The van der Waals surface area contributed by atoms with Gasteiger partial charge in [0.2, 0.25) is 5.91 Å². The van der Waals surface area contributed by atoms with Crippen LogP contribution in [0.2, 0.25) is 0 Å². The number of nitrogens with two attached hydrogens (primary N) is 1. The molecule has 0 aromatic carbocycles. The molecule has 3 amide bonds. The lowest BCUT2D eigenvalue weighted by atomic mass is 9.60. The van der Waals surface area contributed by atoms with Crippen molar-refractivity contribution in [2.45, 2.75) is 143 Å². The van der Waals surface area contributed by atoms with E-state index in [1.165, 1.54) is 69.5 Å². The van der Waals surface area contributed by atoms with E-state index in [9.17, 15) is 24.4 Å². The van der Waals surface area contributed by atoms with Crippen molar-refractivity contribution in [3.8, 4) is 6.07 Å². The molecule has 0 saturated carbocycles. The van der Waals surface area contributed by atoms with Crippen molar-refractivity contribution in [2.24, 2.45) is 22.5 Å². The summed E-state index contributed by atoms with van der Waals surface area (Å²) in [6.45, 7) is 11.7. The number of hydrogen-bond acceptors (Lipinski definition) is 9. The predicted octanol–water partition coefficient (Wildman–Crippen LogP) is 7.87. The van der Waals surface area contributed by atoms with Gasteiger partial charge < -0.3 is 10.6 Å². The molecular weight excluding hydrogens is 603 g/mol. The Labute approximate surface area is 273 Å². The van der Waals surface area contributed by atoms with Crippen LogP contribution in [0, 0.1) is 28.1 Å². The van der Waals surface area contributed by atoms with Crippen LogP contribution in [0.25, 0.3) is 0 Å². The number of nitrogens with zero attached hydrogens (tertiary/aromatic N) is 2. The molecule has 0 bridgehead atoms. The highest BCUT2D eigenvalue weighted by molar-refractivity contribution is 8.47. The largest absolute Gasteiger partial charge is 0.369 e. The molecule has 8 nitrogen and oxygen atoms in total. The van der Waals surface area contributed by atoms with Crippen LogP contribution in [0.4, 0.5) is 0 Å². The summed E-state index contributed by atoms with van der Waals surface area (Å²) in [5, 5.41) is 10.7. The molecule has 43 heavy (non-hydrogen) atoms. The molecule has 0 radical (unpaired) electrons. The summed E-state index contributed by atoms with van der Waals surface area (Å²) in [5.41, 5.74) is 4.17. The fraction of sp³-hybridized carbons (Fsp3) is 0.812. The first-order chi connectivity index (χ1) is 20.1. The molecular formula is C32H53N3O5S3. The molecule has 1 heterocycles. The summed E-state index contributed by atoms with van der Waals surface area (Å²) < 4.78 is 0.179. The molecule has 2 unspecified atom stereocenters. The quantitative estimate of drug-likeness (QED) is 0.0745. The third kappa shape index (κ3) is 13.5. The molecule has 2 atom stereocenters. The second kappa shape index (κ2) is 19.0. The van der Waals surface area contributed by atoms with E-state index in [0.717, 1.165) is 15.7 Å². The average molecular weight is 656 g/mol. The Kier molecular flexibility index (Phi) is 17.4. The van der Waals surface area contributed by atoms with E-state index in [-0.39, 0.29) is 25.7 Å². The highest BCUT2D eigenvalue weighted by atomic mass is 32.2. The van der Waals surface area contributed by atoms with Crippen LogP contribution in [-0.4, -0.2) is 42.8 Å². The molecule has 244 valence electrons. The second-order valence-corrected chi connectivity index (χ2v) is 17.0. The van der Waals surface area contributed by atoms with Gasteiger partial charge in [0, 0.05) is 24.0 Å². The molecule has 1 fully saturated rings. The Morgan fingerprint density at radius 1 is 0.977 bits per heavy atom. The molecule has 1 saturated heterocycles. The van der Waals surface area contributed by atoms with Gasteiger partial charge in [0.1, 0.15) is 3.53 Å². The lowest BCUT2D eigenvalue weighted by Crippen LogP contribution is -2.45. The number of unbranched alkanes of at least 4 members (excludes halogenated alkanes) is 9. The Balaban J connectivity index is 2.62. The fourth-order valence-electron chi connectivity index (χ4n) is 5.19. The number of primary amides is 1. The number of amides is 3. The third-order valence-corrected chi connectivity index (χ3v) is 11.6. The van der Waals surface area contributed by atoms with Crippen LogP contribution >= 0.6 is 35.7 Å². The first-order valence-corrected chi connectivity index (χ1v) is 17.9. The van der Waals surface area contributed by atoms with Crippen molar-refractivity contribution >= 4 is 63.0 Å². The molecule has 0 aromatic rings. The lowest BCUT2D eigenvalue weighted by molar-refractivity contribution is -0.197. The maximum absolute atomic E-state index is 12.7. The first kappa shape index (κ1) is 39.4. The summed E-state index contributed by atoms with van der Waals surface area (Å²) in [7, 11) is 0. The minimum absolute atomic E-state index is 0.0125. The van der Waals surface area contributed by atoms with E-state index in [1.807, 2.05) is 27.7 Å². The van der Waals surface area contributed by atoms with Crippen molar-refractivity contribution in [3.05, 3.63) is 0 Å². The first-order valence-electron chi connectivity index (χ1n) is 15.7. The van der Waals surface area contributed by atoms with Crippen LogP contribution in [-0.2, 0) is 24.0 Å². The van der Waals surface area contributed by atoms with Crippen molar-refractivity contribution < 1.29 is 24.0 Å². The number of thiocarbonyl (C=S) groups is 1. The molecule has 1 aliphatic rings. The minimum Gasteiger partial charge on any atom is -0.369 e. The SMILES string of the molecule is CCCCCCCCCCCCSC(=S)SC(C)(C)C(CC(C)(C)C(C)(C#N)CCC(=O)ON1C(=O)CCC1=O)C(N)=O. The Morgan fingerprint density at radius 2 is 1.49 bits per heavy atom. The zero-order valence-electron chi connectivity index (χ0n) is 27.1. The van der Waals surface area contributed by atoms with E-state index in [2.05, 4.69) is 13.0 Å². The number of hydrogen-bond donors (Lipinski definition) is 1. The fourth-order valence-corrected chi connectivity index (χ4v) is 8.50. The van der Waals surface area contributed by atoms with Crippen LogP contribution < -0.4 is 5.73 Å². The monoisotopic (exact) mass is 655 g/mol. The number of thioether (sulfide) groups is 2. The summed E-state index contributed by atoms with van der Waals surface area (Å²) >= 11 is 8.81. The number of carbonyl (C=O) groups is 4. The number of imide groups is 1. The zero-order valence-corrected chi connectivity index (χ0v) is 29.6. The van der Waals surface area contributed by atoms with Crippen molar-refractivity contribution in [1.82, 2.24) is 5.06 Å². The van der Waals surface area contributed by atoms with E-state index in [1.54, 1.807) is 18.7 Å². The topological polar surface area (TPSA) is 131 Å². The minimum atomic E-state index is -1.02. The van der Waals surface area contributed by atoms with Gasteiger partial charge in [0.15, 0.2) is 0 Å². The van der Waals surface area contributed by atoms with Crippen LogP contribution in [0.3, 0.4) is 0 Å². The van der Waals surface area contributed by atoms with Crippen LogP contribution in [0.1, 0.15) is 138 Å². The molecule has 0 aromatic heterocycles. The van der Waals surface area contributed by atoms with Gasteiger partial charge in [-0.3, -0.25) is 14.4 Å². The predicted molar refractivity (Wildman–Crippen MR) is 180 cm³/mol. The Hall–Kier alpha value is -1.64. The maximum atomic E-state index is 12.7. The molecule has 2 N–H and O–H groups in total. The van der Waals surface area contributed by atoms with Crippen LogP contribution in [0.5, 0.6) is 0 Å². The summed E-state index contributed by atoms with van der Waals surface area (Å²) in [4.78, 5) is 53.7. The van der Waals surface area contributed by atoms with Crippen LogP contribution in [0.15, 0.2) is 0 Å². The highest BCUT2D eigenvalue weighted by Crippen LogP contribution is 2.50.